The van der Waals surface area contributed by atoms with Gasteiger partial charge in [-0.05, 0) is 18.2 Å². The third-order valence-electron chi connectivity index (χ3n) is 2.15. The van der Waals surface area contributed by atoms with Gasteiger partial charge in [-0.3, -0.25) is 4.68 Å². The highest BCUT2D eigenvalue weighted by atomic mass is 35.5. The Balaban J connectivity index is 2.02. The van der Waals surface area contributed by atoms with Crippen LogP contribution in [0.25, 0.3) is 0 Å². The van der Waals surface area contributed by atoms with Gasteiger partial charge in [-0.2, -0.15) is 5.10 Å². The maximum absolute atomic E-state index is 5.84. The van der Waals surface area contributed by atoms with Crippen molar-refractivity contribution >= 4 is 17.4 Å². The minimum Gasteiger partial charge on any atom is -0.487 e. The molecule has 0 aliphatic carbocycles. The summed E-state index contributed by atoms with van der Waals surface area (Å²) >= 11 is 5.84. The molecule has 16 heavy (non-hydrogen) atoms. The number of halogens is 1. The quantitative estimate of drug-likeness (QED) is 0.891. The molecule has 0 saturated carbocycles. The second-order valence-corrected chi connectivity index (χ2v) is 3.87. The number of ether oxygens (including phenoxy) is 1. The smallest absolute Gasteiger partial charge is 0.132 e. The van der Waals surface area contributed by atoms with Gasteiger partial charge in [0.1, 0.15) is 23.9 Å². The summed E-state index contributed by atoms with van der Waals surface area (Å²) in [7, 11) is 1.79. The Morgan fingerprint density at radius 1 is 1.44 bits per heavy atom. The lowest BCUT2D eigenvalue weighted by Gasteiger charge is -2.03. The lowest BCUT2D eigenvalue weighted by molar-refractivity contribution is 0.300. The second-order valence-electron chi connectivity index (χ2n) is 3.43. The van der Waals surface area contributed by atoms with E-state index in [1.165, 1.54) is 0 Å². The Kier molecular flexibility index (Phi) is 3.01. The summed E-state index contributed by atoms with van der Waals surface area (Å²) in [5.74, 6) is 1.33. The fourth-order valence-electron chi connectivity index (χ4n) is 1.33. The number of nitrogen functional groups attached to an aromatic ring is 1. The maximum atomic E-state index is 5.84. The summed E-state index contributed by atoms with van der Waals surface area (Å²) in [4.78, 5) is 0. The zero-order chi connectivity index (χ0) is 11.5. The molecule has 1 aromatic carbocycles. The van der Waals surface area contributed by atoms with Crippen LogP contribution in [0.5, 0.6) is 5.75 Å². The first-order valence-electron chi connectivity index (χ1n) is 4.82. The van der Waals surface area contributed by atoms with E-state index in [9.17, 15) is 0 Å². The fourth-order valence-corrected chi connectivity index (χ4v) is 1.51. The number of anilines is 1. The summed E-state index contributed by atoms with van der Waals surface area (Å²) in [5, 5.41) is 4.83. The molecule has 1 aromatic heterocycles. The van der Waals surface area contributed by atoms with Crippen molar-refractivity contribution in [1.82, 2.24) is 9.78 Å². The third-order valence-corrected chi connectivity index (χ3v) is 2.38. The van der Waals surface area contributed by atoms with Gasteiger partial charge in [0.15, 0.2) is 0 Å². The number of hydrogen-bond donors (Lipinski definition) is 1. The molecule has 0 saturated heterocycles. The lowest BCUT2D eigenvalue weighted by Crippen LogP contribution is -1.99. The summed E-state index contributed by atoms with van der Waals surface area (Å²) in [6.07, 6.45) is 0. The number of hydrogen-bond acceptors (Lipinski definition) is 3. The molecule has 84 valence electrons. The number of aromatic nitrogens is 2. The first kappa shape index (κ1) is 10.8. The average Bonchev–Trinajstić information content (AvgIpc) is 2.56. The first-order chi connectivity index (χ1) is 7.65. The van der Waals surface area contributed by atoms with E-state index in [0.717, 1.165) is 11.4 Å². The van der Waals surface area contributed by atoms with E-state index in [1.807, 2.05) is 12.1 Å². The predicted octanol–water partition coefficient (Wildman–Crippen LogP) is 2.23. The lowest BCUT2D eigenvalue weighted by atomic mass is 10.3. The molecular weight excluding hydrogens is 226 g/mol. The van der Waals surface area contributed by atoms with E-state index >= 15 is 0 Å². The Morgan fingerprint density at radius 2 is 2.25 bits per heavy atom. The summed E-state index contributed by atoms with van der Waals surface area (Å²) in [6, 6.07) is 9.02. The highest BCUT2D eigenvalue weighted by Crippen LogP contribution is 2.18. The summed E-state index contributed by atoms with van der Waals surface area (Å²) < 4.78 is 7.13. The summed E-state index contributed by atoms with van der Waals surface area (Å²) in [6.45, 7) is 0.380. The summed E-state index contributed by atoms with van der Waals surface area (Å²) in [5.41, 5.74) is 6.45. The highest BCUT2D eigenvalue weighted by molar-refractivity contribution is 6.30. The van der Waals surface area contributed by atoms with Crippen molar-refractivity contribution in [3.8, 4) is 5.75 Å². The van der Waals surface area contributed by atoms with Crippen LogP contribution in [0.3, 0.4) is 0 Å². The third kappa shape index (κ3) is 2.46. The van der Waals surface area contributed by atoms with E-state index in [1.54, 1.807) is 29.9 Å². The normalized spacial score (nSPS) is 10.4. The van der Waals surface area contributed by atoms with Crippen LogP contribution in [0, 0.1) is 0 Å². The first-order valence-corrected chi connectivity index (χ1v) is 5.20. The van der Waals surface area contributed by atoms with E-state index in [-0.39, 0.29) is 0 Å². The van der Waals surface area contributed by atoms with Crippen molar-refractivity contribution in [2.24, 2.45) is 7.05 Å². The van der Waals surface area contributed by atoms with Gasteiger partial charge in [0.25, 0.3) is 0 Å². The van der Waals surface area contributed by atoms with Gasteiger partial charge >= 0.3 is 0 Å². The molecule has 0 unspecified atom stereocenters. The van der Waals surface area contributed by atoms with Gasteiger partial charge in [0.2, 0.25) is 0 Å². The molecule has 0 fully saturated rings. The van der Waals surface area contributed by atoms with Crippen LogP contribution >= 0.6 is 11.6 Å². The number of rotatable bonds is 3. The van der Waals surface area contributed by atoms with Crippen LogP contribution in [0.2, 0.25) is 5.02 Å². The topological polar surface area (TPSA) is 53.1 Å². The molecule has 5 heteroatoms. The average molecular weight is 238 g/mol. The fraction of sp³-hybridized carbons (Fsp3) is 0.182. The molecule has 2 N–H and O–H groups in total. The molecule has 2 aromatic rings. The Labute approximate surface area is 98.6 Å². The molecule has 0 radical (unpaired) electrons. The van der Waals surface area contributed by atoms with E-state index in [4.69, 9.17) is 22.1 Å². The molecule has 0 bridgehead atoms. The highest BCUT2D eigenvalue weighted by Gasteiger charge is 2.02. The van der Waals surface area contributed by atoms with Crippen LogP contribution in [-0.4, -0.2) is 9.78 Å². The molecule has 0 atom stereocenters. The van der Waals surface area contributed by atoms with Crippen molar-refractivity contribution in [3.05, 3.63) is 41.0 Å². The largest absolute Gasteiger partial charge is 0.487 e. The molecule has 2 rings (SSSR count). The minimum atomic E-state index is 0.380. The van der Waals surface area contributed by atoms with E-state index < -0.39 is 0 Å². The van der Waals surface area contributed by atoms with Gasteiger partial charge in [0.05, 0.1) is 0 Å². The Morgan fingerprint density at radius 3 is 2.88 bits per heavy atom. The molecule has 1 heterocycles. The molecule has 4 nitrogen and oxygen atoms in total. The van der Waals surface area contributed by atoms with E-state index in [2.05, 4.69) is 5.10 Å². The molecular formula is C11H12ClN3O. The molecule has 0 aliphatic rings. The van der Waals surface area contributed by atoms with Gasteiger partial charge < -0.3 is 10.5 Å². The predicted molar refractivity (Wildman–Crippen MR) is 63.4 cm³/mol. The Bertz CT molecular complexity index is 476. The Hall–Kier alpha value is -1.68. The van der Waals surface area contributed by atoms with Gasteiger partial charge in [0, 0.05) is 18.1 Å². The number of benzene rings is 1. The van der Waals surface area contributed by atoms with Crippen molar-refractivity contribution < 1.29 is 4.74 Å². The molecule has 0 amide bonds. The monoisotopic (exact) mass is 237 g/mol. The number of aryl methyl sites for hydroxylation is 1. The maximum Gasteiger partial charge on any atom is 0.132 e. The van der Waals surface area contributed by atoms with Crippen LogP contribution in [0.4, 0.5) is 5.82 Å². The van der Waals surface area contributed by atoms with Crippen molar-refractivity contribution in [1.29, 1.82) is 0 Å². The number of nitrogens with two attached hydrogens (primary N) is 1. The van der Waals surface area contributed by atoms with Crippen molar-refractivity contribution in [3.63, 3.8) is 0 Å². The van der Waals surface area contributed by atoms with Crippen molar-refractivity contribution in [2.75, 3.05) is 5.73 Å². The second kappa shape index (κ2) is 4.45. The van der Waals surface area contributed by atoms with Crippen LogP contribution in [-0.2, 0) is 13.7 Å². The van der Waals surface area contributed by atoms with Gasteiger partial charge in [-0.15, -0.1) is 0 Å². The van der Waals surface area contributed by atoms with Crippen LogP contribution < -0.4 is 10.5 Å². The standard InChI is InChI=1S/C11H12ClN3O/c1-15-11(13)6-9(14-15)7-16-10-4-2-3-8(12)5-10/h2-6H,7,13H2,1H3. The van der Waals surface area contributed by atoms with Gasteiger partial charge in [-0.25, -0.2) is 0 Å². The molecule has 0 aliphatic heterocycles. The zero-order valence-electron chi connectivity index (χ0n) is 8.85. The SMILES string of the molecule is Cn1nc(COc2cccc(Cl)c2)cc1N. The van der Waals surface area contributed by atoms with Crippen LogP contribution in [0.1, 0.15) is 5.69 Å². The minimum absolute atomic E-state index is 0.380. The molecule has 0 spiro atoms. The van der Waals surface area contributed by atoms with E-state index in [0.29, 0.717) is 17.4 Å². The van der Waals surface area contributed by atoms with Gasteiger partial charge in [-0.1, -0.05) is 17.7 Å². The zero-order valence-corrected chi connectivity index (χ0v) is 9.61. The number of nitrogens with zero attached hydrogens (tertiary/aromatic N) is 2. The van der Waals surface area contributed by atoms with Crippen LogP contribution in [0.15, 0.2) is 30.3 Å². The van der Waals surface area contributed by atoms with Crippen molar-refractivity contribution in [2.45, 2.75) is 6.61 Å².